The monoisotopic (exact) mass is 278 g/mol. The Morgan fingerprint density at radius 3 is 2.43 bits per heavy atom. The van der Waals surface area contributed by atoms with Crippen molar-refractivity contribution in [1.82, 2.24) is 0 Å². The Morgan fingerprint density at radius 2 is 1.86 bits per heavy atom. The first-order valence-electron chi connectivity index (χ1n) is 3.77. The van der Waals surface area contributed by atoms with E-state index >= 15 is 0 Å². The van der Waals surface area contributed by atoms with Crippen LogP contribution in [0.2, 0.25) is 0 Å². The summed E-state index contributed by atoms with van der Waals surface area (Å²) in [5.74, 6) is -0.242. The molecule has 0 aliphatic rings. The first-order valence-corrected chi connectivity index (χ1v) is 7.09. The molecule has 2 aromatic rings. The van der Waals surface area contributed by atoms with Gasteiger partial charge in [-0.15, -0.1) is 0 Å². The van der Waals surface area contributed by atoms with Crippen LogP contribution in [0.3, 0.4) is 0 Å². The number of benzene rings is 1. The maximum atomic E-state index is 11.0. The summed E-state index contributed by atoms with van der Waals surface area (Å²) in [7, 11) is -4.29. The number of fused-ring (bicyclic) bond motifs is 1. The Bertz CT molecular complexity index is 527. The summed E-state index contributed by atoms with van der Waals surface area (Å²) in [6, 6.07) is 6.95. The predicted molar refractivity (Wildman–Crippen MR) is 54.2 cm³/mol. The fraction of sp³-hybridized carbons (Fsp3) is 0. The summed E-state index contributed by atoms with van der Waals surface area (Å²) in [5, 5.41) is 10.1. The minimum absolute atomic E-state index is 0.119. The van der Waals surface area contributed by atoms with Crippen molar-refractivity contribution in [1.29, 1.82) is 0 Å². The molecular weight excluding hydrogens is 270 g/mol. The first-order chi connectivity index (χ1) is 6.50. The Morgan fingerprint density at radius 1 is 1.21 bits per heavy atom. The van der Waals surface area contributed by atoms with Gasteiger partial charge in [0.2, 0.25) is 0 Å². The molecule has 1 aromatic carbocycles. The molecule has 0 aliphatic heterocycles. The third-order valence-corrected chi connectivity index (χ3v) is 6.55. The van der Waals surface area contributed by atoms with Gasteiger partial charge in [-0.2, -0.15) is 0 Å². The molecular formula is C8H7O4PSe. The second kappa shape index (κ2) is 3.23. The van der Waals surface area contributed by atoms with Crippen molar-refractivity contribution in [3.8, 4) is 5.75 Å². The molecule has 14 heavy (non-hydrogen) atoms. The predicted octanol–water partition coefficient (Wildman–Crippen LogP) is 0.405. The summed E-state index contributed by atoms with van der Waals surface area (Å²) in [5.41, 5.74) is 0. The van der Waals surface area contributed by atoms with Crippen molar-refractivity contribution >= 4 is 35.9 Å². The van der Waals surface area contributed by atoms with E-state index in [4.69, 9.17) is 9.79 Å². The summed E-state index contributed by atoms with van der Waals surface area (Å²) in [4.78, 5) is 17.9. The molecule has 0 fully saturated rings. The molecule has 0 aliphatic carbocycles. The zero-order chi connectivity index (χ0) is 10.3. The summed E-state index contributed by atoms with van der Waals surface area (Å²) < 4.78 is 11.7. The fourth-order valence-corrected chi connectivity index (χ4v) is 4.75. The second-order valence-corrected chi connectivity index (χ2v) is 7.22. The number of hydrogen-bond acceptors (Lipinski definition) is 2. The van der Waals surface area contributed by atoms with E-state index in [1.54, 1.807) is 24.3 Å². The molecule has 6 heteroatoms. The molecule has 0 bridgehead atoms. The normalized spacial score (nSPS) is 12.1. The van der Waals surface area contributed by atoms with E-state index in [9.17, 15) is 9.67 Å². The molecule has 0 atom stereocenters. The van der Waals surface area contributed by atoms with Crippen molar-refractivity contribution in [3.63, 3.8) is 0 Å². The Balaban J connectivity index is 2.82. The van der Waals surface area contributed by atoms with Gasteiger partial charge in [0.25, 0.3) is 0 Å². The van der Waals surface area contributed by atoms with E-state index in [1.165, 1.54) is 0 Å². The van der Waals surface area contributed by atoms with Crippen LogP contribution in [0.5, 0.6) is 5.75 Å². The molecule has 0 radical (unpaired) electrons. The molecule has 74 valence electrons. The summed E-state index contributed by atoms with van der Waals surface area (Å²) >= 11 is -0.459. The van der Waals surface area contributed by atoms with Gasteiger partial charge >= 0.3 is 85.4 Å². The van der Waals surface area contributed by atoms with E-state index in [1.807, 2.05) is 0 Å². The van der Waals surface area contributed by atoms with Gasteiger partial charge in [0, 0.05) is 0 Å². The van der Waals surface area contributed by atoms with Crippen LogP contribution in [0, 0.1) is 0 Å². The fourth-order valence-electron chi connectivity index (χ4n) is 1.22. The van der Waals surface area contributed by atoms with Crippen LogP contribution >= 0.6 is 7.60 Å². The number of aromatic hydroxyl groups is 1. The summed E-state index contributed by atoms with van der Waals surface area (Å²) in [6.45, 7) is 0. The third kappa shape index (κ3) is 1.54. The number of hydrogen-bond donors (Lipinski definition) is 3. The standard InChI is InChI=1S/C8H7O4PSe/c9-7-5-3-1-2-4-6(5)14-8(7)13(10,11)12/h1-4,9H,(H2,10,11,12). The van der Waals surface area contributed by atoms with Gasteiger partial charge in [-0.1, -0.05) is 0 Å². The maximum absolute atomic E-state index is 11.0. The van der Waals surface area contributed by atoms with E-state index < -0.39 is 22.1 Å². The van der Waals surface area contributed by atoms with Crippen molar-refractivity contribution in [2.24, 2.45) is 0 Å². The minimum atomic E-state index is -4.29. The molecule has 1 heterocycles. The van der Waals surface area contributed by atoms with Crippen LogP contribution in [0.15, 0.2) is 24.3 Å². The molecule has 0 amide bonds. The first kappa shape index (κ1) is 9.96. The van der Waals surface area contributed by atoms with Crippen LogP contribution in [-0.2, 0) is 4.57 Å². The number of rotatable bonds is 1. The van der Waals surface area contributed by atoms with Gasteiger partial charge in [0.05, 0.1) is 0 Å². The average molecular weight is 277 g/mol. The Hall–Kier alpha value is -0.571. The zero-order valence-electron chi connectivity index (χ0n) is 6.91. The second-order valence-electron chi connectivity index (χ2n) is 2.80. The SMILES string of the molecule is O=P(O)(O)c1[se]c2ccccc2c1O. The Labute approximate surface area is 85.7 Å². The topological polar surface area (TPSA) is 77.8 Å². The molecule has 0 unspecified atom stereocenters. The molecule has 3 N–H and O–H groups in total. The van der Waals surface area contributed by atoms with Gasteiger partial charge in [-0.3, -0.25) is 0 Å². The van der Waals surface area contributed by atoms with Gasteiger partial charge in [0.15, 0.2) is 0 Å². The van der Waals surface area contributed by atoms with Crippen LogP contribution in [0.4, 0.5) is 0 Å². The van der Waals surface area contributed by atoms with Crippen LogP contribution in [0.25, 0.3) is 9.65 Å². The van der Waals surface area contributed by atoms with E-state index in [0.717, 1.165) is 4.26 Å². The van der Waals surface area contributed by atoms with E-state index in [2.05, 4.69) is 0 Å². The van der Waals surface area contributed by atoms with E-state index in [-0.39, 0.29) is 9.93 Å². The van der Waals surface area contributed by atoms with Crippen molar-refractivity contribution in [2.45, 2.75) is 0 Å². The van der Waals surface area contributed by atoms with Crippen molar-refractivity contribution < 1.29 is 19.5 Å². The molecule has 2 rings (SSSR count). The van der Waals surface area contributed by atoms with Gasteiger partial charge < -0.3 is 0 Å². The quantitative estimate of drug-likeness (QED) is 0.521. The average Bonchev–Trinajstić information content (AvgIpc) is 2.44. The zero-order valence-corrected chi connectivity index (χ0v) is 9.52. The van der Waals surface area contributed by atoms with Gasteiger partial charge in [0.1, 0.15) is 0 Å². The molecule has 0 saturated carbocycles. The third-order valence-electron chi connectivity index (χ3n) is 1.82. The molecule has 1 aromatic heterocycles. The van der Waals surface area contributed by atoms with Crippen LogP contribution in [0.1, 0.15) is 0 Å². The van der Waals surface area contributed by atoms with Gasteiger partial charge in [-0.05, 0) is 0 Å². The molecule has 0 saturated heterocycles. The van der Waals surface area contributed by atoms with E-state index in [0.29, 0.717) is 5.39 Å². The van der Waals surface area contributed by atoms with Crippen LogP contribution < -0.4 is 4.18 Å². The molecule has 0 spiro atoms. The van der Waals surface area contributed by atoms with Crippen LogP contribution in [-0.4, -0.2) is 29.4 Å². The van der Waals surface area contributed by atoms with Crippen molar-refractivity contribution in [2.75, 3.05) is 0 Å². The Kier molecular flexibility index (Phi) is 2.30. The summed E-state index contributed by atoms with van der Waals surface area (Å²) in [6.07, 6.45) is 0. The molecule has 4 nitrogen and oxygen atoms in total. The van der Waals surface area contributed by atoms with Crippen molar-refractivity contribution in [3.05, 3.63) is 24.3 Å². The van der Waals surface area contributed by atoms with Gasteiger partial charge in [-0.25, -0.2) is 0 Å².